The first-order valence-electron chi connectivity index (χ1n) is 6.62. The van der Waals surface area contributed by atoms with Crippen molar-refractivity contribution in [2.24, 2.45) is 0 Å². The van der Waals surface area contributed by atoms with E-state index >= 15 is 0 Å². The van der Waals surface area contributed by atoms with Gasteiger partial charge in [0.25, 0.3) is 5.91 Å². The fraction of sp³-hybridized carbons (Fsp3) is 0. The average molecular weight is 414 g/mol. The van der Waals surface area contributed by atoms with E-state index in [0.29, 0.717) is 22.4 Å². The van der Waals surface area contributed by atoms with E-state index in [1.807, 2.05) is 0 Å². The van der Waals surface area contributed by atoms with Crippen LogP contribution in [0.1, 0.15) is 10.5 Å². The molecule has 0 fully saturated rings. The van der Waals surface area contributed by atoms with Crippen LogP contribution in [-0.2, 0) is 0 Å². The van der Waals surface area contributed by atoms with Crippen molar-refractivity contribution in [3.05, 3.63) is 69.3 Å². The Hall–Kier alpha value is -2.25. The van der Waals surface area contributed by atoms with Gasteiger partial charge in [-0.25, -0.2) is 8.78 Å². The minimum atomic E-state index is -0.906. The molecule has 3 rings (SSSR count). The van der Waals surface area contributed by atoms with Gasteiger partial charge in [-0.3, -0.25) is 4.79 Å². The number of anilines is 1. The molecule has 1 aromatic heterocycles. The number of hydrogen-bond acceptors (Lipinski definition) is 3. The largest absolute Gasteiger partial charge is 0.355 e. The third kappa shape index (κ3) is 3.47. The Balaban J connectivity index is 1.83. The van der Waals surface area contributed by atoms with Crippen molar-refractivity contribution in [1.29, 1.82) is 0 Å². The van der Waals surface area contributed by atoms with Gasteiger partial charge >= 0.3 is 0 Å². The molecule has 1 N–H and O–H groups in total. The second-order valence-corrected chi connectivity index (χ2v) is 6.07. The summed E-state index contributed by atoms with van der Waals surface area (Å²) in [6, 6.07) is 9.88. The van der Waals surface area contributed by atoms with E-state index in [1.54, 1.807) is 24.3 Å². The SMILES string of the molecule is O=C(Nc1c(F)cc(F)cc1Br)c1cc(-c2ccc(Cl)cc2)on1. The minimum absolute atomic E-state index is 0.0458. The Morgan fingerprint density at radius 3 is 2.54 bits per heavy atom. The van der Waals surface area contributed by atoms with Crippen molar-refractivity contribution in [3.8, 4) is 11.3 Å². The Kier molecular flexibility index (Phi) is 4.64. The van der Waals surface area contributed by atoms with E-state index in [4.69, 9.17) is 16.1 Å². The van der Waals surface area contributed by atoms with Crippen LogP contribution >= 0.6 is 27.5 Å². The fourth-order valence-electron chi connectivity index (χ4n) is 1.97. The summed E-state index contributed by atoms with van der Waals surface area (Å²) >= 11 is 8.81. The lowest BCUT2D eigenvalue weighted by Gasteiger charge is -2.07. The summed E-state index contributed by atoms with van der Waals surface area (Å²) in [4.78, 5) is 12.2. The lowest BCUT2D eigenvalue weighted by atomic mass is 10.1. The molecule has 0 bridgehead atoms. The van der Waals surface area contributed by atoms with Crippen LogP contribution in [-0.4, -0.2) is 11.1 Å². The van der Waals surface area contributed by atoms with Gasteiger partial charge in [-0.2, -0.15) is 0 Å². The number of aromatic nitrogens is 1. The van der Waals surface area contributed by atoms with E-state index in [2.05, 4.69) is 26.4 Å². The lowest BCUT2D eigenvalue weighted by Crippen LogP contribution is -2.14. The van der Waals surface area contributed by atoms with Crippen LogP contribution in [0.4, 0.5) is 14.5 Å². The van der Waals surface area contributed by atoms with Crippen LogP contribution in [0.5, 0.6) is 0 Å². The highest BCUT2D eigenvalue weighted by molar-refractivity contribution is 9.10. The molecule has 3 aromatic rings. The van der Waals surface area contributed by atoms with Crippen LogP contribution in [0.3, 0.4) is 0 Å². The quantitative estimate of drug-likeness (QED) is 0.635. The maximum atomic E-state index is 13.8. The second kappa shape index (κ2) is 6.70. The van der Waals surface area contributed by atoms with E-state index in [-0.39, 0.29) is 15.9 Å². The molecule has 1 amide bonds. The first kappa shape index (κ1) is 16.6. The smallest absolute Gasteiger partial charge is 0.277 e. The van der Waals surface area contributed by atoms with Gasteiger partial charge in [0.2, 0.25) is 0 Å². The lowest BCUT2D eigenvalue weighted by molar-refractivity contribution is 0.101. The summed E-state index contributed by atoms with van der Waals surface area (Å²) < 4.78 is 32.0. The maximum absolute atomic E-state index is 13.8. The van der Waals surface area contributed by atoms with Gasteiger partial charge in [0.05, 0.1) is 5.69 Å². The maximum Gasteiger partial charge on any atom is 0.277 e. The van der Waals surface area contributed by atoms with Gasteiger partial charge in [-0.1, -0.05) is 16.8 Å². The summed E-state index contributed by atoms with van der Waals surface area (Å²) in [6.45, 7) is 0. The highest BCUT2D eigenvalue weighted by atomic mass is 79.9. The Morgan fingerprint density at radius 1 is 1.17 bits per heavy atom. The first-order chi connectivity index (χ1) is 11.4. The van der Waals surface area contributed by atoms with Gasteiger partial charge < -0.3 is 9.84 Å². The molecule has 0 radical (unpaired) electrons. The zero-order valence-corrected chi connectivity index (χ0v) is 14.2. The van der Waals surface area contributed by atoms with Crippen LogP contribution < -0.4 is 5.32 Å². The first-order valence-corrected chi connectivity index (χ1v) is 7.79. The van der Waals surface area contributed by atoms with Crippen molar-refractivity contribution in [2.45, 2.75) is 0 Å². The summed E-state index contributed by atoms with van der Waals surface area (Å²) in [5, 5.41) is 6.54. The number of carbonyl (C=O) groups is 1. The molecular formula is C16H8BrClF2N2O2. The number of amides is 1. The van der Waals surface area contributed by atoms with Gasteiger partial charge in [0, 0.05) is 27.2 Å². The van der Waals surface area contributed by atoms with Crippen LogP contribution in [0.25, 0.3) is 11.3 Å². The molecule has 0 unspecified atom stereocenters. The number of carbonyl (C=O) groups excluding carboxylic acids is 1. The summed E-state index contributed by atoms with van der Waals surface area (Å²) in [5.41, 5.74) is 0.452. The molecule has 0 spiro atoms. The predicted octanol–water partition coefficient (Wildman–Crippen LogP) is 5.29. The molecule has 8 heteroatoms. The molecular weight excluding hydrogens is 406 g/mol. The molecule has 122 valence electrons. The topological polar surface area (TPSA) is 55.1 Å². The standard InChI is InChI=1S/C16H8BrClF2N2O2/c17-11-5-10(19)6-12(20)15(11)21-16(23)13-7-14(24-22-13)8-1-3-9(18)4-2-8/h1-7H,(H,21,23). The van der Waals surface area contributed by atoms with Crippen LogP contribution in [0.2, 0.25) is 5.02 Å². The normalized spacial score (nSPS) is 10.7. The molecule has 0 saturated heterocycles. The van der Waals surface area contributed by atoms with E-state index in [1.165, 1.54) is 6.07 Å². The van der Waals surface area contributed by atoms with E-state index < -0.39 is 17.5 Å². The van der Waals surface area contributed by atoms with Gasteiger partial charge in [-0.15, -0.1) is 0 Å². The molecule has 0 aliphatic rings. The number of hydrogen-bond donors (Lipinski definition) is 1. The summed E-state index contributed by atoms with van der Waals surface area (Å²) in [7, 11) is 0. The number of benzene rings is 2. The van der Waals surface area contributed by atoms with Gasteiger partial charge in [0.1, 0.15) is 5.82 Å². The van der Waals surface area contributed by atoms with Crippen LogP contribution in [0, 0.1) is 11.6 Å². The Bertz CT molecular complexity index is 890. The number of nitrogens with one attached hydrogen (secondary N) is 1. The van der Waals surface area contributed by atoms with Crippen LogP contribution in [0.15, 0.2) is 51.5 Å². The molecule has 0 aliphatic carbocycles. The molecule has 1 heterocycles. The van der Waals surface area contributed by atoms with Gasteiger partial charge in [-0.05, 0) is 46.3 Å². The monoisotopic (exact) mass is 412 g/mol. The zero-order chi connectivity index (χ0) is 17.3. The Morgan fingerprint density at radius 2 is 1.88 bits per heavy atom. The van der Waals surface area contributed by atoms with Crippen molar-refractivity contribution in [1.82, 2.24) is 5.16 Å². The third-order valence-electron chi connectivity index (χ3n) is 3.12. The fourth-order valence-corrected chi connectivity index (χ4v) is 2.60. The number of nitrogens with zero attached hydrogens (tertiary/aromatic N) is 1. The van der Waals surface area contributed by atoms with Crippen molar-refractivity contribution in [2.75, 3.05) is 5.32 Å². The second-order valence-electron chi connectivity index (χ2n) is 4.78. The average Bonchev–Trinajstić information content (AvgIpc) is 3.01. The van der Waals surface area contributed by atoms with E-state index in [0.717, 1.165) is 6.07 Å². The molecule has 2 aromatic carbocycles. The van der Waals surface area contributed by atoms with E-state index in [9.17, 15) is 13.6 Å². The summed E-state index contributed by atoms with van der Waals surface area (Å²) in [5.74, 6) is -2.00. The molecule has 0 saturated carbocycles. The van der Waals surface area contributed by atoms with Crippen molar-refractivity contribution >= 4 is 39.1 Å². The number of halogens is 4. The van der Waals surface area contributed by atoms with Gasteiger partial charge in [0.15, 0.2) is 17.3 Å². The highest BCUT2D eigenvalue weighted by Gasteiger charge is 2.18. The zero-order valence-electron chi connectivity index (χ0n) is 11.8. The molecule has 0 aliphatic heterocycles. The third-order valence-corrected chi connectivity index (χ3v) is 3.99. The molecule has 0 atom stereocenters. The molecule has 4 nitrogen and oxygen atoms in total. The number of rotatable bonds is 3. The van der Waals surface area contributed by atoms with Crippen molar-refractivity contribution < 1.29 is 18.1 Å². The Labute approximate surface area is 148 Å². The summed E-state index contributed by atoms with van der Waals surface area (Å²) in [6.07, 6.45) is 0. The predicted molar refractivity (Wildman–Crippen MR) is 89.0 cm³/mol. The minimum Gasteiger partial charge on any atom is -0.355 e. The molecule has 24 heavy (non-hydrogen) atoms. The van der Waals surface area contributed by atoms with Crippen molar-refractivity contribution in [3.63, 3.8) is 0 Å². The highest BCUT2D eigenvalue weighted by Crippen LogP contribution is 2.28.